The van der Waals surface area contributed by atoms with E-state index in [-0.39, 0.29) is 12.5 Å². The molecule has 5 nitrogen and oxygen atoms in total. The fourth-order valence-electron chi connectivity index (χ4n) is 2.34. The number of ether oxygens (including phenoxy) is 1. The molecule has 0 bridgehead atoms. The quantitative estimate of drug-likeness (QED) is 0.627. The van der Waals surface area contributed by atoms with E-state index in [4.69, 9.17) is 9.15 Å². The Bertz CT molecular complexity index is 685. The zero-order valence-electron chi connectivity index (χ0n) is 15.0. The molecule has 136 valence electrons. The molecule has 0 atom stereocenters. The number of hydrogen-bond donors (Lipinski definition) is 0. The standard InChI is InChI=1S/C19H25BrN2O3/c1-4-10-22(12-11-21(2)3)19(23)18-9-8-17(25-18)14-24-16-7-5-6-15(20)13-16/h5-9,13H,4,10-12,14H2,1-3H3. The topological polar surface area (TPSA) is 45.9 Å². The molecule has 0 unspecified atom stereocenters. The number of rotatable bonds is 9. The third kappa shape index (κ3) is 6.21. The molecule has 1 heterocycles. The van der Waals surface area contributed by atoms with Gasteiger partial charge in [0, 0.05) is 24.1 Å². The van der Waals surface area contributed by atoms with E-state index in [2.05, 4.69) is 27.8 Å². The van der Waals surface area contributed by atoms with Gasteiger partial charge in [-0.1, -0.05) is 28.9 Å². The predicted molar refractivity (Wildman–Crippen MR) is 102 cm³/mol. The van der Waals surface area contributed by atoms with Crippen LogP contribution in [0.4, 0.5) is 0 Å². The molecule has 0 aliphatic heterocycles. The van der Waals surface area contributed by atoms with Crippen molar-refractivity contribution in [2.24, 2.45) is 0 Å². The molecule has 6 heteroatoms. The fraction of sp³-hybridized carbons (Fsp3) is 0.421. The van der Waals surface area contributed by atoms with Gasteiger partial charge in [-0.25, -0.2) is 0 Å². The minimum atomic E-state index is -0.0718. The average Bonchev–Trinajstić information content (AvgIpc) is 3.05. The van der Waals surface area contributed by atoms with Crippen LogP contribution in [0.15, 0.2) is 45.3 Å². The number of likely N-dealkylation sites (N-methyl/N-ethyl adjacent to an activating group) is 1. The van der Waals surface area contributed by atoms with Crippen LogP contribution in [0.1, 0.15) is 29.7 Å². The van der Waals surface area contributed by atoms with Crippen LogP contribution in [-0.4, -0.2) is 49.4 Å². The predicted octanol–water partition coefficient (Wildman–Crippen LogP) is 4.03. The van der Waals surface area contributed by atoms with Gasteiger partial charge in [0.25, 0.3) is 5.91 Å². The number of hydrogen-bond acceptors (Lipinski definition) is 4. The minimum Gasteiger partial charge on any atom is -0.486 e. The number of halogens is 1. The molecule has 0 spiro atoms. The number of carbonyl (C=O) groups excluding carboxylic acids is 1. The van der Waals surface area contributed by atoms with Gasteiger partial charge in [0.2, 0.25) is 0 Å². The van der Waals surface area contributed by atoms with Crippen molar-refractivity contribution in [3.8, 4) is 5.75 Å². The minimum absolute atomic E-state index is 0.0718. The van der Waals surface area contributed by atoms with E-state index in [9.17, 15) is 4.79 Å². The molecule has 0 saturated carbocycles. The number of nitrogens with zero attached hydrogens (tertiary/aromatic N) is 2. The van der Waals surface area contributed by atoms with Crippen molar-refractivity contribution in [2.75, 3.05) is 33.7 Å². The summed E-state index contributed by atoms with van der Waals surface area (Å²) in [6, 6.07) is 11.1. The Kier molecular flexibility index (Phi) is 7.52. The highest BCUT2D eigenvalue weighted by Crippen LogP contribution is 2.20. The third-order valence-electron chi connectivity index (χ3n) is 3.65. The second-order valence-electron chi connectivity index (χ2n) is 6.11. The van der Waals surface area contributed by atoms with Gasteiger partial charge >= 0.3 is 0 Å². The summed E-state index contributed by atoms with van der Waals surface area (Å²) in [4.78, 5) is 16.5. The van der Waals surface area contributed by atoms with Crippen molar-refractivity contribution in [2.45, 2.75) is 20.0 Å². The summed E-state index contributed by atoms with van der Waals surface area (Å²) in [6.45, 7) is 4.58. The van der Waals surface area contributed by atoms with Crippen LogP contribution in [0.2, 0.25) is 0 Å². The number of benzene rings is 1. The lowest BCUT2D eigenvalue weighted by molar-refractivity contribution is 0.0709. The summed E-state index contributed by atoms with van der Waals surface area (Å²) >= 11 is 3.41. The van der Waals surface area contributed by atoms with E-state index in [1.165, 1.54) is 0 Å². The van der Waals surface area contributed by atoms with Crippen LogP contribution in [0.3, 0.4) is 0 Å². The van der Waals surface area contributed by atoms with E-state index < -0.39 is 0 Å². The maximum absolute atomic E-state index is 12.6. The van der Waals surface area contributed by atoms with E-state index in [1.807, 2.05) is 43.3 Å². The summed E-state index contributed by atoms with van der Waals surface area (Å²) in [6.07, 6.45) is 0.915. The van der Waals surface area contributed by atoms with Gasteiger partial charge in [-0.3, -0.25) is 4.79 Å². The number of furan rings is 1. The molecule has 0 radical (unpaired) electrons. The second kappa shape index (κ2) is 9.63. The molecular formula is C19H25BrN2O3. The first-order valence-electron chi connectivity index (χ1n) is 8.40. The molecule has 0 aliphatic carbocycles. The van der Waals surface area contributed by atoms with Gasteiger partial charge in [0.15, 0.2) is 5.76 Å². The van der Waals surface area contributed by atoms with Gasteiger partial charge in [-0.15, -0.1) is 0 Å². The molecule has 1 aromatic carbocycles. The molecule has 0 aliphatic rings. The zero-order chi connectivity index (χ0) is 18.2. The molecule has 2 rings (SSSR count). The first-order chi connectivity index (χ1) is 12.0. The first kappa shape index (κ1) is 19.5. The fourth-order valence-corrected chi connectivity index (χ4v) is 2.72. The molecule has 0 N–H and O–H groups in total. The van der Waals surface area contributed by atoms with Crippen molar-refractivity contribution in [1.29, 1.82) is 0 Å². The lowest BCUT2D eigenvalue weighted by atomic mass is 10.3. The Morgan fingerprint density at radius 1 is 1.16 bits per heavy atom. The van der Waals surface area contributed by atoms with Crippen molar-refractivity contribution >= 4 is 21.8 Å². The molecular weight excluding hydrogens is 384 g/mol. The lowest BCUT2D eigenvalue weighted by Gasteiger charge is -2.22. The van der Waals surface area contributed by atoms with Crippen LogP contribution in [0, 0.1) is 0 Å². The van der Waals surface area contributed by atoms with Gasteiger partial charge < -0.3 is 19.0 Å². The van der Waals surface area contributed by atoms with Gasteiger partial charge in [0.05, 0.1) is 0 Å². The highest BCUT2D eigenvalue weighted by atomic mass is 79.9. The maximum Gasteiger partial charge on any atom is 0.289 e. The SMILES string of the molecule is CCCN(CCN(C)C)C(=O)c1ccc(COc2cccc(Br)c2)o1. The lowest BCUT2D eigenvalue weighted by Crippen LogP contribution is -2.37. The average molecular weight is 409 g/mol. The molecule has 0 fully saturated rings. The zero-order valence-corrected chi connectivity index (χ0v) is 16.6. The van der Waals surface area contributed by atoms with Crippen molar-refractivity contribution in [3.63, 3.8) is 0 Å². The Morgan fingerprint density at radius 2 is 1.96 bits per heavy atom. The van der Waals surface area contributed by atoms with E-state index in [0.717, 1.165) is 29.7 Å². The monoisotopic (exact) mass is 408 g/mol. The van der Waals surface area contributed by atoms with E-state index >= 15 is 0 Å². The first-order valence-corrected chi connectivity index (χ1v) is 9.20. The number of carbonyl (C=O) groups is 1. The smallest absolute Gasteiger partial charge is 0.289 e. The van der Waals surface area contributed by atoms with E-state index in [0.29, 0.717) is 18.1 Å². The van der Waals surface area contributed by atoms with Crippen LogP contribution in [0.5, 0.6) is 5.75 Å². The summed E-state index contributed by atoms with van der Waals surface area (Å²) in [5.41, 5.74) is 0. The van der Waals surface area contributed by atoms with Crippen molar-refractivity contribution < 1.29 is 13.9 Å². The molecule has 2 aromatic rings. The summed E-state index contributed by atoms with van der Waals surface area (Å²) in [5, 5.41) is 0. The maximum atomic E-state index is 12.6. The van der Waals surface area contributed by atoms with Gasteiger partial charge in [-0.05, 0) is 50.8 Å². The number of amides is 1. The molecule has 1 amide bonds. The van der Waals surface area contributed by atoms with Crippen molar-refractivity contribution in [3.05, 3.63) is 52.4 Å². The van der Waals surface area contributed by atoms with Crippen LogP contribution < -0.4 is 4.74 Å². The van der Waals surface area contributed by atoms with Gasteiger partial charge in [0.1, 0.15) is 18.1 Å². The highest BCUT2D eigenvalue weighted by Gasteiger charge is 2.19. The summed E-state index contributed by atoms with van der Waals surface area (Å²) in [7, 11) is 4.00. The summed E-state index contributed by atoms with van der Waals surface area (Å²) < 4.78 is 12.3. The molecule has 25 heavy (non-hydrogen) atoms. The van der Waals surface area contributed by atoms with E-state index in [1.54, 1.807) is 12.1 Å². The van der Waals surface area contributed by atoms with Crippen molar-refractivity contribution in [1.82, 2.24) is 9.80 Å². The largest absolute Gasteiger partial charge is 0.486 e. The van der Waals surface area contributed by atoms with Crippen LogP contribution >= 0.6 is 15.9 Å². The second-order valence-corrected chi connectivity index (χ2v) is 7.02. The van der Waals surface area contributed by atoms with Gasteiger partial charge in [-0.2, -0.15) is 0 Å². The highest BCUT2D eigenvalue weighted by molar-refractivity contribution is 9.10. The Balaban J connectivity index is 1.96. The Hall–Kier alpha value is -1.79. The van der Waals surface area contributed by atoms with Crippen LogP contribution in [-0.2, 0) is 6.61 Å². The third-order valence-corrected chi connectivity index (χ3v) is 4.14. The summed E-state index contributed by atoms with van der Waals surface area (Å²) in [5.74, 6) is 1.67. The Labute approximate surface area is 157 Å². The van der Waals surface area contributed by atoms with Crippen LogP contribution in [0.25, 0.3) is 0 Å². The molecule has 1 aromatic heterocycles. The normalized spacial score (nSPS) is 10.9. The molecule has 0 saturated heterocycles. The Morgan fingerprint density at radius 3 is 2.64 bits per heavy atom.